The minimum Gasteiger partial charge on any atom is -0.489 e. The third-order valence-electron chi connectivity index (χ3n) is 6.68. The van der Waals surface area contributed by atoms with Crippen molar-refractivity contribution in [2.45, 2.75) is 57.3 Å². The molecule has 3 heterocycles. The van der Waals surface area contributed by atoms with Gasteiger partial charge in [0.1, 0.15) is 12.4 Å². The molecule has 0 unspecified atom stereocenters. The fraction of sp³-hybridized carbons (Fsp3) is 0.440. The summed E-state index contributed by atoms with van der Waals surface area (Å²) in [6, 6.07) is 5.22. The first-order valence-electron chi connectivity index (χ1n) is 11.6. The summed E-state index contributed by atoms with van der Waals surface area (Å²) in [5, 5.41) is 17.2. The second-order valence-electron chi connectivity index (χ2n) is 10.3. The molecule has 0 aliphatic heterocycles. The largest absolute Gasteiger partial charge is 0.489 e. The molecule has 0 radical (unpaired) electrons. The SMILES string of the molecule is CC(C)(O)COc1ccc2c(C(=O)N[C@H]3CC4(C3)C[C@H](Oc3cnccc3C(N)=O)C4)cnn2c1. The highest BCUT2D eigenvalue weighted by molar-refractivity contribution is 6.00. The van der Waals surface area contributed by atoms with Crippen LogP contribution in [-0.2, 0) is 0 Å². The molecule has 2 fully saturated rings. The van der Waals surface area contributed by atoms with Crippen molar-refractivity contribution in [2.24, 2.45) is 11.1 Å². The second-order valence-corrected chi connectivity index (χ2v) is 10.3. The van der Waals surface area contributed by atoms with Gasteiger partial charge in [-0.15, -0.1) is 0 Å². The minimum absolute atomic E-state index is 0.0152. The number of amides is 2. The van der Waals surface area contributed by atoms with E-state index in [1.807, 2.05) is 0 Å². The monoisotopic (exact) mass is 479 g/mol. The van der Waals surface area contributed by atoms with Crippen LogP contribution in [0.5, 0.6) is 11.5 Å². The molecule has 3 aromatic heterocycles. The van der Waals surface area contributed by atoms with Gasteiger partial charge in [0, 0.05) is 12.2 Å². The number of rotatable bonds is 8. The predicted molar refractivity (Wildman–Crippen MR) is 126 cm³/mol. The number of ether oxygens (including phenoxy) is 2. The molecule has 10 heteroatoms. The van der Waals surface area contributed by atoms with Crippen LogP contribution in [0.25, 0.3) is 5.52 Å². The molecule has 0 aromatic carbocycles. The van der Waals surface area contributed by atoms with Crippen LogP contribution in [0.4, 0.5) is 0 Å². The molecule has 3 aromatic rings. The number of carbonyl (C=O) groups is 2. The van der Waals surface area contributed by atoms with Crippen molar-refractivity contribution < 1.29 is 24.2 Å². The molecule has 0 atom stereocenters. The first kappa shape index (κ1) is 23.1. The molecule has 2 saturated carbocycles. The summed E-state index contributed by atoms with van der Waals surface area (Å²) in [6.45, 7) is 3.49. The smallest absolute Gasteiger partial charge is 0.255 e. The Hall–Kier alpha value is -3.66. The highest BCUT2D eigenvalue weighted by Gasteiger charge is 2.54. The maximum absolute atomic E-state index is 12.9. The predicted octanol–water partition coefficient (Wildman–Crippen LogP) is 2.10. The Kier molecular flexibility index (Phi) is 5.63. The zero-order chi connectivity index (χ0) is 24.8. The van der Waals surface area contributed by atoms with Crippen LogP contribution in [0.3, 0.4) is 0 Å². The fourth-order valence-electron chi connectivity index (χ4n) is 5.02. The lowest BCUT2D eigenvalue weighted by Gasteiger charge is -2.57. The topological polar surface area (TPSA) is 141 Å². The zero-order valence-corrected chi connectivity index (χ0v) is 19.7. The standard InChI is InChI=1S/C25H29N5O5/c1-24(2,33)14-34-16-3-4-20-19(11-28-30(20)13-16)23(32)29-15-7-25(8-15)9-17(10-25)35-21-12-27-6-5-18(21)22(26)31/h3-6,11-13,15,17,33H,7-10,14H2,1-2H3,(H2,26,31)(H,29,32)/t15-,17-,25?. The average Bonchev–Trinajstić information content (AvgIpc) is 3.17. The summed E-state index contributed by atoms with van der Waals surface area (Å²) in [7, 11) is 0. The molecule has 0 bridgehead atoms. The van der Waals surface area contributed by atoms with E-state index < -0.39 is 11.5 Å². The molecule has 2 aliphatic rings. The van der Waals surface area contributed by atoms with Gasteiger partial charge >= 0.3 is 0 Å². The Morgan fingerprint density at radius 1 is 1.20 bits per heavy atom. The van der Waals surface area contributed by atoms with Crippen LogP contribution >= 0.6 is 0 Å². The van der Waals surface area contributed by atoms with E-state index in [0.717, 1.165) is 25.7 Å². The van der Waals surface area contributed by atoms with Gasteiger partial charge in [-0.05, 0) is 63.1 Å². The van der Waals surface area contributed by atoms with Gasteiger partial charge in [0.05, 0.1) is 46.9 Å². The van der Waals surface area contributed by atoms with Crippen molar-refractivity contribution in [3.05, 3.63) is 54.1 Å². The summed E-state index contributed by atoms with van der Waals surface area (Å²) in [6.07, 6.45) is 9.82. The molecule has 0 saturated heterocycles. The number of carbonyl (C=O) groups excluding carboxylic acids is 2. The van der Waals surface area contributed by atoms with Crippen LogP contribution in [-0.4, -0.2) is 55.9 Å². The van der Waals surface area contributed by atoms with Gasteiger partial charge in [-0.25, -0.2) is 4.52 Å². The quantitative estimate of drug-likeness (QED) is 0.449. The highest BCUT2D eigenvalue weighted by atomic mass is 16.5. The zero-order valence-electron chi connectivity index (χ0n) is 19.7. The lowest BCUT2D eigenvalue weighted by atomic mass is 9.53. The van der Waals surface area contributed by atoms with Gasteiger partial charge in [-0.2, -0.15) is 5.10 Å². The highest BCUT2D eigenvalue weighted by Crippen LogP contribution is 2.56. The van der Waals surface area contributed by atoms with E-state index in [2.05, 4.69) is 15.4 Å². The van der Waals surface area contributed by atoms with Crippen molar-refractivity contribution in [2.75, 3.05) is 6.61 Å². The third-order valence-corrected chi connectivity index (χ3v) is 6.68. The average molecular weight is 480 g/mol. The van der Waals surface area contributed by atoms with Crippen LogP contribution in [0.2, 0.25) is 0 Å². The maximum atomic E-state index is 12.9. The number of aromatic nitrogens is 3. The van der Waals surface area contributed by atoms with Crippen molar-refractivity contribution in [1.82, 2.24) is 19.9 Å². The number of fused-ring (bicyclic) bond motifs is 1. The van der Waals surface area contributed by atoms with Gasteiger partial charge in [-0.3, -0.25) is 14.6 Å². The van der Waals surface area contributed by atoms with Gasteiger partial charge < -0.3 is 25.6 Å². The van der Waals surface area contributed by atoms with Gasteiger partial charge in [0.15, 0.2) is 5.75 Å². The first-order valence-corrected chi connectivity index (χ1v) is 11.6. The molecule has 2 amide bonds. The van der Waals surface area contributed by atoms with Crippen molar-refractivity contribution in [3.63, 3.8) is 0 Å². The number of primary amides is 1. The van der Waals surface area contributed by atoms with Gasteiger partial charge in [-0.1, -0.05) is 0 Å². The Balaban J connectivity index is 1.13. The van der Waals surface area contributed by atoms with Gasteiger partial charge in [0.2, 0.25) is 0 Å². The molecule has 35 heavy (non-hydrogen) atoms. The molecule has 2 aliphatic carbocycles. The third kappa shape index (κ3) is 4.79. The molecule has 4 N–H and O–H groups in total. The summed E-state index contributed by atoms with van der Waals surface area (Å²) < 4.78 is 13.2. The minimum atomic E-state index is -0.942. The van der Waals surface area contributed by atoms with Crippen molar-refractivity contribution in [1.29, 1.82) is 0 Å². The summed E-state index contributed by atoms with van der Waals surface area (Å²) >= 11 is 0. The number of aliphatic hydroxyl groups is 1. The lowest BCUT2D eigenvalue weighted by Crippen LogP contribution is -2.58. The summed E-state index contributed by atoms with van der Waals surface area (Å²) in [4.78, 5) is 28.5. The van der Waals surface area contributed by atoms with Crippen molar-refractivity contribution in [3.8, 4) is 11.5 Å². The van der Waals surface area contributed by atoms with Crippen molar-refractivity contribution >= 4 is 17.3 Å². The van der Waals surface area contributed by atoms with E-state index in [1.54, 1.807) is 49.0 Å². The molecular weight excluding hydrogens is 450 g/mol. The summed E-state index contributed by atoms with van der Waals surface area (Å²) in [5.74, 6) is 0.296. The van der Waals surface area contributed by atoms with Crippen LogP contribution in [0.1, 0.15) is 60.2 Å². The number of nitrogens with zero attached hydrogens (tertiary/aromatic N) is 3. The van der Waals surface area contributed by atoms with Crippen LogP contribution in [0.15, 0.2) is 43.0 Å². The Bertz CT molecular complexity index is 1270. The molecule has 10 nitrogen and oxygen atoms in total. The van der Waals surface area contributed by atoms with E-state index in [4.69, 9.17) is 15.2 Å². The second kappa shape index (κ2) is 8.53. The number of nitrogens with one attached hydrogen (secondary N) is 1. The Morgan fingerprint density at radius 3 is 2.69 bits per heavy atom. The normalized spacial score (nSPS) is 23.4. The molecule has 5 rings (SSSR count). The Labute approximate surface area is 202 Å². The molecule has 1 spiro atoms. The number of pyridine rings is 2. The lowest BCUT2D eigenvalue weighted by molar-refractivity contribution is -0.0835. The van der Waals surface area contributed by atoms with Crippen LogP contribution < -0.4 is 20.5 Å². The number of nitrogens with two attached hydrogens (primary N) is 1. The summed E-state index contributed by atoms with van der Waals surface area (Å²) in [5.41, 5.74) is 6.17. The fourth-order valence-corrected chi connectivity index (χ4v) is 5.02. The maximum Gasteiger partial charge on any atom is 0.255 e. The Morgan fingerprint density at radius 2 is 1.97 bits per heavy atom. The van der Waals surface area contributed by atoms with E-state index in [-0.39, 0.29) is 30.1 Å². The molecule has 184 valence electrons. The van der Waals surface area contributed by atoms with E-state index in [0.29, 0.717) is 28.1 Å². The van der Waals surface area contributed by atoms with E-state index in [1.165, 1.54) is 12.4 Å². The molecular formula is C25H29N5O5. The number of hydrogen-bond donors (Lipinski definition) is 3. The van der Waals surface area contributed by atoms with Gasteiger partial charge in [0.25, 0.3) is 11.8 Å². The van der Waals surface area contributed by atoms with E-state index in [9.17, 15) is 14.7 Å². The first-order chi connectivity index (χ1) is 16.6. The van der Waals surface area contributed by atoms with Crippen LogP contribution in [0, 0.1) is 5.41 Å². The van der Waals surface area contributed by atoms with E-state index >= 15 is 0 Å². The number of hydrogen-bond acceptors (Lipinski definition) is 7.